The van der Waals surface area contributed by atoms with Crippen molar-refractivity contribution < 1.29 is 5.11 Å². The number of benzene rings is 1. The van der Waals surface area contributed by atoms with Crippen LogP contribution in [0.15, 0.2) is 41.5 Å². The molecule has 0 bridgehead atoms. The summed E-state index contributed by atoms with van der Waals surface area (Å²) in [5.41, 5.74) is 1.60. The van der Waals surface area contributed by atoms with Gasteiger partial charge in [-0.2, -0.15) is 0 Å². The van der Waals surface area contributed by atoms with Crippen LogP contribution < -0.4 is 5.69 Å². The molecule has 1 unspecified atom stereocenters. The van der Waals surface area contributed by atoms with Gasteiger partial charge in [-0.05, 0) is 18.6 Å². The Morgan fingerprint density at radius 3 is 2.81 bits per heavy atom. The molecule has 0 saturated heterocycles. The molecular weight excluding hydrogens is 204 g/mol. The lowest BCUT2D eigenvalue weighted by atomic mass is 10.1. The number of H-pyrrole nitrogens is 1. The molecule has 0 saturated carbocycles. The minimum atomic E-state index is -0.421. The van der Waals surface area contributed by atoms with Gasteiger partial charge in [0.25, 0.3) is 0 Å². The second kappa shape index (κ2) is 4.37. The average Bonchev–Trinajstić information content (AvgIpc) is 2.64. The summed E-state index contributed by atoms with van der Waals surface area (Å²) in [6.07, 6.45) is 3.40. The van der Waals surface area contributed by atoms with Crippen molar-refractivity contribution in [3.8, 4) is 5.69 Å². The van der Waals surface area contributed by atoms with Gasteiger partial charge in [0.15, 0.2) is 0 Å². The molecule has 0 radical (unpaired) electrons. The van der Waals surface area contributed by atoms with Gasteiger partial charge < -0.3 is 10.1 Å². The third kappa shape index (κ3) is 2.06. The van der Waals surface area contributed by atoms with E-state index in [9.17, 15) is 9.90 Å². The number of imidazole rings is 1. The van der Waals surface area contributed by atoms with E-state index >= 15 is 0 Å². The summed E-state index contributed by atoms with van der Waals surface area (Å²) in [6.45, 7) is 1.73. The van der Waals surface area contributed by atoms with Crippen LogP contribution in [-0.4, -0.2) is 20.8 Å². The van der Waals surface area contributed by atoms with Gasteiger partial charge in [0.1, 0.15) is 0 Å². The number of nitrogens with zero attached hydrogens (tertiary/aromatic N) is 1. The first-order chi connectivity index (χ1) is 7.68. The van der Waals surface area contributed by atoms with Crippen LogP contribution in [0.5, 0.6) is 0 Å². The van der Waals surface area contributed by atoms with Crippen LogP contribution >= 0.6 is 0 Å². The SMILES string of the molecule is CC(O)Cc1ccccc1-n1cc[nH]c1=O. The highest BCUT2D eigenvalue weighted by atomic mass is 16.3. The first kappa shape index (κ1) is 10.7. The number of aromatic nitrogens is 2. The second-order valence-electron chi connectivity index (χ2n) is 3.82. The zero-order valence-electron chi connectivity index (χ0n) is 9.05. The van der Waals surface area contributed by atoms with Gasteiger partial charge in [0.05, 0.1) is 11.8 Å². The number of aliphatic hydroxyl groups excluding tert-OH is 1. The van der Waals surface area contributed by atoms with Crippen molar-refractivity contribution in [2.24, 2.45) is 0 Å². The highest BCUT2D eigenvalue weighted by Gasteiger charge is 2.07. The Hall–Kier alpha value is -1.81. The molecule has 0 aliphatic heterocycles. The van der Waals surface area contributed by atoms with Crippen molar-refractivity contribution in [1.82, 2.24) is 9.55 Å². The van der Waals surface area contributed by atoms with E-state index in [2.05, 4.69) is 4.98 Å². The van der Waals surface area contributed by atoms with Crippen LogP contribution in [0.3, 0.4) is 0 Å². The van der Waals surface area contributed by atoms with Gasteiger partial charge >= 0.3 is 5.69 Å². The molecule has 2 N–H and O–H groups in total. The Morgan fingerprint density at radius 2 is 2.19 bits per heavy atom. The van der Waals surface area contributed by atoms with Gasteiger partial charge in [-0.25, -0.2) is 4.79 Å². The van der Waals surface area contributed by atoms with Crippen molar-refractivity contribution in [2.75, 3.05) is 0 Å². The maximum absolute atomic E-state index is 11.5. The Balaban J connectivity index is 2.49. The van der Waals surface area contributed by atoms with E-state index in [1.54, 1.807) is 19.3 Å². The third-order valence-electron chi connectivity index (χ3n) is 2.42. The largest absolute Gasteiger partial charge is 0.393 e. The van der Waals surface area contributed by atoms with E-state index in [-0.39, 0.29) is 5.69 Å². The first-order valence-corrected chi connectivity index (χ1v) is 5.21. The zero-order valence-corrected chi connectivity index (χ0v) is 9.05. The van der Waals surface area contributed by atoms with Gasteiger partial charge in [0.2, 0.25) is 0 Å². The fraction of sp³-hybridized carbons (Fsp3) is 0.250. The minimum Gasteiger partial charge on any atom is -0.393 e. The van der Waals surface area contributed by atoms with Crippen molar-refractivity contribution in [2.45, 2.75) is 19.4 Å². The summed E-state index contributed by atoms with van der Waals surface area (Å²) < 4.78 is 1.54. The van der Waals surface area contributed by atoms with Crippen molar-refractivity contribution >= 4 is 0 Å². The molecule has 1 heterocycles. The molecule has 0 amide bonds. The lowest BCUT2D eigenvalue weighted by Gasteiger charge is -2.10. The van der Waals surface area contributed by atoms with Crippen LogP contribution in [-0.2, 0) is 6.42 Å². The fourth-order valence-electron chi connectivity index (χ4n) is 1.75. The van der Waals surface area contributed by atoms with Crippen molar-refractivity contribution in [1.29, 1.82) is 0 Å². The molecule has 1 aromatic heterocycles. The maximum atomic E-state index is 11.5. The molecule has 16 heavy (non-hydrogen) atoms. The predicted octanol–water partition coefficient (Wildman–Crippen LogP) is 1.09. The molecule has 84 valence electrons. The molecule has 0 aliphatic carbocycles. The third-order valence-corrected chi connectivity index (χ3v) is 2.42. The van der Waals surface area contributed by atoms with Crippen LogP contribution in [0.2, 0.25) is 0 Å². The quantitative estimate of drug-likeness (QED) is 0.810. The average molecular weight is 218 g/mol. The molecule has 4 heteroatoms. The summed E-state index contributed by atoms with van der Waals surface area (Å²) in [7, 11) is 0. The van der Waals surface area contributed by atoms with Crippen LogP contribution in [0, 0.1) is 0 Å². The minimum absolute atomic E-state index is 0.168. The van der Waals surface area contributed by atoms with Crippen LogP contribution in [0.1, 0.15) is 12.5 Å². The summed E-state index contributed by atoms with van der Waals surface area (Å²) in [5.74, 6) is 0. The lowest BCUT2D eigenvalue weighted by molar-refractivity contribution is 0.195. The summed E-state index contributed by atoms with van der Waals surface area (Å²) in [5, 5.41) is 9.40. The molecule has 1 aromatic carbocycles. The Morgan fingerprint density at radius 1 is 1.44 bits per heavy atom. The highest BCUT2D eigenvalue weighted by Crippen LogP contribution is 2.14. The number of aliphatic hydroxyl groups is 1. The monoisotopic (exact) mass is 218 g/mol. The Labute approximate surface area is 93.2 Å². The number of hydrogen-bond acceptors (Lipinski definition) is 2. The molecule has 1 atom stereocenters. The molecule has 0 spiro atoms. The molecule has 4 nitrogen and oxygen atoms in total. The molecule has 2 aromatic rings. The molecule has 0 aliphatic rings. The Kier molecular flexibility index (Phi) is 2.92. The van der Waals surface area contributed by atoms with Gasteiger partial charge in [-0.15, -0.1) is 0 Å². The predicted molar refractivity (Wildman–Crippen MR) is 61.8 cm³/mol. The number of hydrogen-bond donors (Lipinski definition) is 2. The number of para-hydroxylation sites is 1. The van der Waals surface area contributed by atoms with Gasteiger partial charge in [-0.3, -0.25) is 4.57 Å². The van der Waals surface area contributed by atoms with E-state index < -0.39 is 6.10 Å². The van der Waals surface area contributed by atoms with Crippen molar-refractivity contribution in [3.05, 3.63) is 52.7 Å². The standard InChI is InChI=1S/C12H14N2O2/c1-9(15)8-10-4-2-3-5-11(10)14-7-6-13-12(14)16/h2-7,9,15H,8H2,1H3,(H,13,16). The van der Waals surface area contributed by atoms with Crippen molar-refractivity contribution in [3.63, 3.8) is 0 Å². The normalized spacial score (nSPS) is 12.6. The second-order valence-corrected chi connectivity index (χ2v) is 3.82. The fourth-order valence-corrected chi connectivity index (χ4v) is 1.75. The summed E-state index contributed by atoms with van der Waals surface area (Å²) >= 11 is 0. The first-order valence-electron chi connectivity index (χ1n) is 5.21. The van der Waals surface area contributed by atoms with Gasteiger partial charge in [-0.1, -0.05) is 18.2 Å². The Bertz CT molecular complexity index is 526. The van der Waals surface area contributed by atoms with E-state index in [0.29, 0.717) is 6.42 Å². The van der Waals surface area contributed by atoms with Gasteiger partial charge in [0, 0.05) is 18.8 Å². The van der Waals surface area contributed by atoms with E-state index in [4.69, 9.17) is 0 Å². The van der Waals surface area contributed by atoms with Crippen LogP contribution in [0.4, 0.5) is 0 Å². The number of rotatable bonds is 3. The summed E-state index contributed by atoms with van der Waals surface area (Å²) in [4.78, 5) is 14.1. The highest BCUT2D eigenvalue weighted by molar-refractivity contribution is 5.41. The topological polar surface area (TPSA) is 58.0 Å². The number of nitrogens with one attached hydrogen (secondary N) is 1. The zero-order chi connectivity index (χ0) is 11.5. The van der Waals surface area contributed by atoms with E-state index in [1.165, 1.54) is 4.57 Å². The summed E-state index contributed by atoms with van der Waals surface area (Å²) in [6, 6.07) is 7.56. The number of aromatic amines is 1. The van der Waals surface area contributed by atoms with E-state index in [0.717, 1.165) is 11.3 Å². The van der Waals surface area contributed by atoms with E-state index in [1.807, 2.05) is 24.3 Å². The maximum Gasteiger partial charge on any atom is 0.330 e. The molecule has 0 fully saturated rings. The smallest absolute Gasteiger partial charge is 0.330 e. The molecular formula is C12H14N2O2. The lowest BCUT2D eigenvalue weighted by Crippen LogP contribution is -2.17. The molecule has 2 rings (SSSR count). The van der Waals surface area contributed by atoms with Crippen LogP contribution in [0.25, 0.3) is 5.69 Å².